The van der Waals surface area contributed by atoms with Crippen LogP contribution in [0.5, 0.6) is 17.2 Å². The molecular formula is C22H24N2O5S. The van der Waals surface area contributed by atoms with E-state index < -0.39 is 0 Å². The Bertz CT molecular complexity index is 1050. The highest BCUT2D eigenvalue weighted by Crippen LogP contribution is 2.34. The van der Waals surface area contributed by atoms with E-state index in [-0.39, 0.29) is 12.0 Å². The maximum atomic E-state index is 13.7. The van der Waals surface area contributed by atoms with E-state index in [9.17, 15) is 4.79 Å². The van der Waals surface area contributed by atoms with Crippen LogP contribution in [-0.2, 0) is 4.74 Å². The number of anilines is 1. The summed E-state index contributed by atoms with van der Waals surface area (Å²) >= 11 is 1.45. The predicted molar refractivity (Wildman–Crippen MR) is 116 cm³/mol. The minimum absolute atomic E-state index is 0.0212. The number of hydrogen-bond acceptors (Lipinski definition) is 7. The summed E-state index contributed by atoms with van der Waals surface area (Å²) in [5, 5.41) is 0.614. The van der Waals surface area contributed by atoms with Crippen LogP contribution >= 0.6 is 11.3 Å². The number of ether oxygens (including phenoxy) is 4. The first-order valence-corrected chi connectivity index (χ1v) is 10.5. The third kappa shape index (κ3) is 4.06. The van der Waals surface area contributed by atoms with Gasteiger partial charge < -0.3 is 18.9 Å². The molecule has 4 rings (SSSR count). The van der Waals surface area contributed by atoms with Gasteiger partial charge in [0.1, 0.15) is 17.2 Å². The van der Waals surface area contributed by atoms with Crippen molar-refractivity contribution in [2.45, 2.75) is 18.9 Å². The van der Waals surface area contributed by atoms with Crippen LogP contribution in [0.3, 0.4) is 0 Å². The number of fused-ring (bicyclic) bond motifs is 1. The smallest absolute Gasteiger partial charge is 0.264 e. The summed E-state index contributed by atoms with van der Waals surface area (Å²) in [6, 6.07) is 10.9. The molecule has 1 amide bonds. The normalized spacial score (nSPS) is 15.9. The molecule has 0 bridgehead atoms. The zero-order valence-electron chi connectivity index (χ0n) is 17.2. The first-order chi connectivity index (χ1) is 14.6. The Morgan fingerprint density at radius 3 is 2.60 bits per heavy atom. The highest BCUT2D eigenvalue weighted by molar-refractivity contribution is 7.22. The van der Waals surface area contributed by atoms with Crippen molar-refractivity contribution >= 4 is 32.6 Å². The van der Waals surface area contributed by atoms with Crippen molar-refractivity contribution in [3.63, 3.8) is 0 Å². The number of amides is 1. The number of carbonyl (C=O) groups excluding carboxylic acids is 1. The summed E-state index contributed by atoms with van der Waals surface area (Å²) in [7, 11) is 4.75. The molecule has 8 heteroatoms. The molecule has 0 saturated carbocycles. The van der Waals surface area contributed by atoms with E-state index in [1.54, 1.807) is 44.4 Å². The van der Waals surface area contributed by atoms with Crippen molar-refractivity contribution in [2.75, 3.05) is 39.4 Å². The van der Waals surface area contributed by atoms with E-state index in [1.165, 1.54) is 11.3 Å². The first-order valence-electron chi connectivity index (χ1n) is 9.73. The van der Waals surface area contributed by atoms with Gasteiger partial charge in [0.15, 0.2) is 5.13 Å². The fraction of sp³-hybridized carbons (Fsp3) is 0.364. The minimum atomic E-state index is -0.202. The lowest BCUT2D eigenvalue weighted by atomic mass is 10.1. The molecule has 0 N–H and O–H groups in total. The van der Waals surface area contributed by atoms with Gasteiger partial charge >= 0.3 is 0 Å². The number of hydrogen-bond donors (Lipinski definition) is 0. The van der Waals surface area contributed by atoms with Gasteiger partial charge in [-0.15, -0.1) is 0 Å². The zero-order valence-corrected chi connectivity index (χ0v) is 18.0. The molecule has 1 saturated heterocycles. The molecule has 158 valence electrons. The third-order valence-corrected chi connectivity index (χ3v) is 6.15. The van der Waals surface area contributed by atoms with Crippen LogP contribution in [0.4, 0.5) is 5.13 Å². The Morgan fingerprint density at radius 1 is 1.13 bits per heavy atom. The van der Waals surface area contributed by atoms with Crippen LogP contribution in [0, 0.1) is 0 Å². The number of rotatable bonds is 7. The lowest BCUT2D eigenvalue weighted by Crippen LogP contribution is -2.37. The van der Waals surface area contributed by atoms with Gasteiger partial charge in [0.25, 0.3) is 5.91 Å². The maximum absolute atomic E-state index is 13.7. The molecule has 30 heavy (non-hydrogen) atoms. The molecule has 2 aromatic carbocycles. The second kappa shape index (κ2) is 8.89. The van der Waals surface area contributed by atoms with Crippen molar-refractivity contribution in [1.29, 1.82) is 0 Å². The van der Waals surface area contributed by atoms with Gasteiger partial charge in [-0.25, -0.2) is 4.98 Å². The molecule has 3 aromatic rings. The Kier molecular flexibility index (Phi) is 6.06. The van der Waals surface area contributed by atoms with Crippen LogP contribution in [-0.4, -0.2) is 51.5 Å². The molecule has 2 heterocycles. The average Bonchev–Trinajstić information content (AvgIpc) is 3.45. The van der Waals surface area contributed by atoms with Crippen molar-refractivity contribution < 1.29 is 23.7 Å². The van der Waals surface area contributed by atoms with Gasteiger partial charge in [0.05, 0.1) is 49.8 Å². The number of carbonyl (C=O) groups is 1. The second-order valence-electron chi connectivity index (χ2n) is 6.95. The number of nitrogens with zero attached hydrogens (tertiary/aromatic N) is 2. The second-order valence-corrected chi connectivity index (χ2v) is 7.96. The van der Waals surface area contributed by atoms with Crippen molar-refractivity contribution in [2.24, 2.45) is 0 Å². The summed E-state index contributed by atoms with van der Waals surface area (Å²) in [5.41, 5.74) is 1.24. The van der Waals surface area contributed by atoms with Crippen LogP contribution in [0.2, 0.25) is 0 Å². The summed E-state index contributed by atoms with van der Waals surface area (Å²) < 4.78 is 22.8. The molecular weight excluding hydrogens is 404 g/mol. The van der Waals surface area contributed by atoms with E-state index in [2.05, 4.69) is 0 Å². The Balaban J connectivity index is 1.75. The first kappa shape index (κ1) is 20.4. The van der Waals surface area contributed by atoms with E-state index in [0.29, 0.717) is 35.3 Å². The number of thiazole rings is 1. The SMILES string of the molecule is COc1ccc(OC)c(C(=O)N(CC2CCCO2)c2nc3ccc(OC)cc3s2)c1. The van der Waals surface area contributed by atoms with Gasteiger partial charge in [-0.2, -0.15) is 0 Å². The molecule has 0 aliphatic carbocycles. The number of benzene rings is 2. The van der Waals surface area contributed by atoms with Gasteiger partial charge in [-0.1, -0.05) is 11.3 Å². The Hall–Kier alpha value is -2.84. The monoisotopic (exact) mass is 428 g/mol. The average molecular weight is 429 g/mol. The fourth-order valence-corrected chi connectivity index (χ4v) is 4.50. The largest absolute Gasteiger partial charge is 0.497 e. The molecule has 1 fully saturated rings. The quantitative estimate of drug-likeness (QED) is 0.563. The lowest BCUT2D eigenvalue weighted by Gasteiger charge is -2.24. The fourth-order valence-electron chi connectivity index (χ4n) is 3.50. The predicted octanol–water partition coefficient (Wildman–Crippen LogP) is 4.15. The third-order valence-electron chi connectivity index (χ3n) is 5.11. The molecule has 7 nitrogen and oxygen atoms in total. The molecule has 0 radical (unpaired) electrons. The summed E-state index contributed by atoms with van der Waals surface area (Å²) in [5.74, 6) is 1.63. The van der Waals surface area contributed by atoms with Gasteiger partial charge in [-0.3, -0.25) is 9.69 Å². The molecule has 1 aliphatic heterocycles. The summed E-state index contributed by atoms with van der Waals surface area (Å²) in [4.78, 5) is 20.1. The summed E-state index contributed by atoms with van der Waals surface area (Å²) in [6.45, 7) is 1.14. The van der Waals surface area contributed by atoms with Gasteiger partial charge in [0, 0.05) is 6.61 Å². The van der Waals surface area contributed by atoms with Crippen LogP contribution in [0.1, 0.15) is 23.2 Å². The van der Waals surface area contributed by atoms with E-state index >= 15 is 0 Å². The molecule has 1 atom stereocenters. The number of methoxy groups -OCH3 is 3. The Morgan fingerprint density at radius 2 is 1.90 bits per heavy atom. The van der Waals surface area contributed by atoms with E-state index in [1.807, 2.05) is 18.2 Å². The van der Waals surface area contributed by atoms with Crippen molar-refractivity contribution in [3.8, 4) is 17.2 Å². The molecule has 1 aromatic heterocycles. The van der Waals surface area contributed by atoms with Crippen molar-refractivity contribution in [3.05, 3.63) is 42.0 Å². The van der Waals surface area contributed by atoms with E-state index in [4.69, 9.17) is 23.9 Å². The topological polar surface area (TPSA) is 70.1 Å². The molecule has 1 aliphatic rings. The number of aromatic nitrogens is 1. The van der Waals surface area contributed by atoms with Gasteiger partial charge in [0.2, 0.25) is 0 Å². The highest BCUT2D eigenvalue weighted by Gasteiger charge is 2.29. The summed E-state index contributed by atoms with van der Waals surface area (Å²) in [6.07, 6.45) is 1.89. The molecule has 1 unspecified atom stereocenters. The molecule has 0 spiro atoms. The van der Waals surface area contributed by atoms with Crippen LogP contribution < -0.4 is 19.1 Å². The zero-order chi connectivity index (χ0) is 21.1. The lowest BCUT2D eigenvalue weighted by molar-refractivity contribution is 0.0914. The Labute approximate surface area is 179 Å². The van der Waals surface area contributed by atoms with Crippen molar-refractivity contribution in [1.82, 2.24) is 4.98 Å². The maximum Gasteiger partial charge on any atom is 0.264 e. The van der Waals surface area contributed by atoms with Gasteiger partial charge in [-0.05, 0) is 49.2 Å². The minimum Gasteiger partial charge on any atom is -0.497 e. The van der Waals surface area contributed by atoms with Crippen LogP contribution in [0.15, 0.2) is 36.4 Å². The highest BCUT2D eigenvalue weighted by atomic mass is 32.1. The standard InChI is InChI=1S/C22H24N2O5S/c1-26-14-7-9-19(28-3)17(11-14)21(25)24(13-16-5-4-10-29-16)22-23-18-8-6-15(27-2)12-20(18)30-22/h6-9,11-12,16H,4-5,10,13H2,1-3H3. The van der Waals surface area contributed by atoms with E-state index in [0.717, 1.165) is 28.8 Å². The van der Waals surface area contributed by atoms with Crippen LogP contribution in [0.25, 0.3) is 10.2 Å².